The lowest BCUT2D eigenvalue weighted by Gasteiger charge is -2.11. The van der Waals surface area contributed by atoms with Crippen molar-refractivity contribution >= 4 is 28.9 Å². The monoisotopic (exact) mass is 286 g/mol. The molecule has 0 saturated carbocycles. The molecule has 0 aliphatic heterocycles. The first-order chi connectivity index (χ1) is 9.63. The van der Waals surface area contributed by atoms with Gasteiger partial charge in [-0.2, -0.15) is 0 Å². The van der Waals surface area contributed by atoms with Gasteiger partial charge >= 0.3 is 0 Å². The van der Waals surface area contributed by atoms with Crippen molar-refractivity contribution < 1.29 is 9.53 Å². The highest BCUT2D eigenvalue weighted by Gasteiger charge is 2.18. The third-order valence-electron chi connectivity index (χ3n) is 2.80. The molecule has 0 unspecified atom stereocenters. The van der Waals surface area contributed by atoms with E-state index in [0.717, 1.165) is 5.56 Å². The Morgan fingerprint density at radius 2 is 1.95 bits per heavy atom. The molecule has 0 aliphatic rings. The minimum atomic E-state index is -0.311. The van der Waals surface area contributed by atoms with Crippen molar-refractivity contribution in [1.29, 1.82) is 0 Å². The summed E-state index contributed by atoms with van der Waals surface area (Å²) in [6.07, 6.45) is 1.58. The molecule has 1 aromatic heterocycles. The van der Waals surface area contributed by atoms with Crippen molar-refractivity contribution in [3.63, 3.8) is 0 Å². The summed E-state index contributed by atoms with van der Waals surface area (Å²) in [7, 11) is 1.48. The Morgan fingerprint density at radius 3 is 2.60 bits per heavy atom. The van der Waals surface area contributed by atoms with Gasteiger partial charge in [-0.25, -0.2) is 0 Å². The molecular weight excluding hydrogens is 272 g/mol. The maximum absolute atomic E-state index is 12.3. The van der Waals surface area contributed by atoms with Gasteiger partial charge in [0.1, 0.15) is 5.69 Å². The number of ether oxygens (including phenoxy) is 1. The van der Waals surface area contributed by atoms with E-state index in [4.69, 9.17) is 17.0 Å². The van der Waals surface area contributed by atoms with E-state index in [1.54, 1.807) is 12.3 Å². The number of methoxy groups -OCH3 is 1. The van der Waals surface area contributed by atoms with Crippen LogP contribution in [-0.4, -0.2) is 23.1 Å². The van der Waals surface area contributed by atoms with Crippen LogP contribution in [-0.2, 0) is 4.74 Å². The lowest BCUT2D eigenvalue weighted by atomic mass is 10.1. The Hall–Kier alpha value is -2.27. The molecule has 2 aromatic rings. The number of anilines is 1. The quantitative estimate of drug-likeness (QED) is 0.881. The van der Waals surface area contributed by atoms with Crippen molar-refractivity contribution in [2.75, 3.05) is 12.4 Å². The molecule has 1 heterocycles. The average Bonchev–Trinajstić information content (AvgIpc) is 2.47. The molecule has 2 rings (SSSR count). The minimum absolute atomic E-state index is 0.258. The van der Waals surface area contributed by atoms with Crippen LogP contribution >= 0.6 is 12.2 Å². The molecule has 0 fully saturated rings. The standard InChI is InChI=1S/C15H14N2O2S/c1-10-8-9-16-13(12(10)15(20)19-2)14(18)17-11-6-4-3-5-7-11/h3-9H,1-2H3,(H,17,18). The number of para-hydroxylation sites is 1. The average molecular weight is 286 g/mol. The highest BCUT2D eigenvalue weighted by Crippen LogP contribution is 2.16. The molecule has 4 nitrogen and oxygen atoms in total. The summed E-state index contributed by atoms with van der Waals surface area (Å²) >= 11 is 5.14. The molecule has 0 spiro atoms. The Bertz CT molecular complexity index is 642. The number of hydrogen-bond donors (Lipinski definition) is 1. The number of hydrogen-bond acceptors (Lipinski definition) is 4. The fourth-order valence-electron chi connectivity index (χ4n) is 1.80. The molecule has 0 atom stereocenters. The highest BCUT2D eigenvalue weighted by molar-refractivity contribution is 7.80. The zero-order valence-corrected chi connectivity index (χ0v) is 12.0. The zero-order valence-electron chi connectivity index (χ0n) is 11.2. The molecule has 0 bridgehead atoms. The Balaban J connectivity index is 2.35. The van der Waals surface area contributed by atoms with Gasteiger partial charge < -0.3 is 10.1 Å². The van der Waals surface area contributed by atoms with Crippen LogP contribution in [0.2, 0.25) is 0 Å². The van der Waals surface area contributed by atoms with Gasteiger partial charge in [0.25, 0.3) is 5.91 Å². The van der Waals surface area contributed by atoms with Crippen molar-refractivity contribution in [1.82, 2.24) is 4.98 Å². The van der Waals surface area contributed by atoms with E-state index in [1.807, 2.05) is 37.3 Å². The summed E-state index contributed by atoms with van der Waals surface area (Å²) < 4.78 is 5.07. The summed E-state index contributed by atoms with van der Waals surface area (Å²) in [5, 5.41) is 3.05. The first kappa shape index (κ1) is 14.1. The number of rotatable bonds is 3. The largest absolute Gasteiger partial charge is 0.486 e. The zero-order chi connectivity index (χ0) is 14.5. The second kappa shape index (κ2) is 6.25. The maximum atomic E-state index is 12.3. The smallest absolute Gasteiger partial charge is 0.275 e. The SMILES string of the molecule is COC(=S)c1c(C)ccnc1C(=O)Nc1ccccc1. The molecule has 1 amide bonds. The van der Waals surface area contributed by atoms with Crippen molar-refractivity contribution in [2.45, 2.75) is 6.92 Å². The highest BCUT2D eigenvalue weighted by atomic mass is 32.1. The van der Waals surface area contributed by atoms with Gasteiger partial charge in [0.2, 0.25) is 0 Å². The predicted octanol–water partition coefficient (Wildman–Crippen LogP) is 2.96. The number of carbonyl (C=O) groups is 1. The molecule has 0 saturated heterocycles. The van der Waals surface area contributed by atoms with Gasteiger partial charge in [-0.05, 0) is 42.9 Å². The Morgan fingerprint density at radius 1 is 1.25 bits per heavy atom. The van der Waals surface area contributed by atoms with Crippen LogP contribution < -0.4 is 5.32 Å². The number of pyridine rings is 1. The molecule has 1 aromatic carbocycles. The van der Waals surface area contributed by atoms with E-state index in [9.17, 15) is 4.79 Å². The number of amides is 1. The molecule has 1 N–H and O–H groups in total. The molecule has 20 heavy (non-hydrogen) atoms. The minimum Gasteiger partial charge on any atom is -0.486 e. The van der Waals surface area contributed by atoms with E-state index >= 15 is 0 Å². The number of nitrogens with zero attached hydrogens (tertiary/aromatic N) is 1. The van der Waals surface area contributed by atoms with E-state index in [1.165, 1.54) is 7.11 Å². The van der Waals surface area contributed by atoms with Gasteiger partial charge in [-0.15, -0.1) is 0 Å². The second-order valence-corrected chi connectivity index (χ2v) is 4.53. The van der Waals surface area contributed by atoms with E-state index < -0.39 is 0 Å². The summed E-state index contributed by atoms with van der Waals surface area (Å²) in [5.74, 6) is -0.311. The molecule has 102 valence electrons. The number of nitrogens with one attached hydrogen (secondary N) is 1. The Kier molecular flexibility index (Phi) is 4.42. The summed E-state index contributed by atoms with van der Waals surface area (Å²) in [4.78, 5) is 16.4. The van der Waals surface area contributed by atoms with Crippen LogP contribution in [0.5, 0.6) is 0 Å². The van der Waals surface area contributed by atoms with Crippen LogP contribution in [0.25, 0.3) is 0 Å². The molecule has 0 aliphatic carbocycles. The topological polar surface area (TPSA) is 51.2 Å². The van der Waals surface area contributed by atoms with Crippen LogP contribution in [0.1, 0.15) is 21.6 Å². The van der Waals surface area contributed by atoms with E-state index in [0.29, 0.717) is 11.3 Å². The van der Waals surface area contributed by atoms with Crippen molar-refractivity contribution in [2.24, 2.45) is 0 Å². The van der Waals surface area contributed by atoms with Crippen LogP contribution in [0.3, 0.4) is 0 Å². The third-order valence-corrected chi connectivity index (χ3v) is 3.17. The van der Waals surface area contributed by atoms with E-state index in [-0.39, 0.29) is 16.7 Å². The van der Waals surface area contributed by atoms with Crippen LogP contribution in [0.15, 0.2) is 42.6 Å². The van der Waals surface area contributed by atoms with Crippen LogP contribution in [0.4, 0.5) is 5.69 Å². The normalized spacial score (nSPS) is 9.90. The van der Waals surface area contributed by atoms with Gasteiger partial charge in [-0.3, -0.25) is 9.78 Å². The van der Waals surface area contributed by atoms with Crippen LogP contribution in [0, 0.1) is 6.92 Å². The van der Waals surface area contributed by atoms with Crippen molar-refractivity contribution in [3.05, 3.63) is 59.4 Å². The fourth-order valence-corrected chi connectivity index (χ4v) is 2.06. The first-order valence-corrected chi connectivity index (χ1v) is 6.44. The number of thiocarbonyl (C=S) groups is 1. The van der Waals surface area contributed by atoms with Gasteiger partial charge in [0.15, 0.2) is 5.05 Å². The van der Waals surface area contributed by atoms with Gasteiger partial charge in [0, 0.05) is 11.9 Å². The number of benzene rings is 1. The predicted molar refractivity (Wildman–Crippen MR) is 82.1 cm³/mol. The van der Waals surface area contributed by atoms with Gasteiger partial charge in [0.05, 0.1) is 12.7 Å². The lowest BCUT2D eigenvalue weighted by Crippen LogP contribution is -2.19. The summed E-state index contributed by atoms with van der Waals surface area (Å²) in [6.45, 7) is 1.86. The Labute approximate surface area is 122 Å². The number of carbonyl (C=O) groups excluding carboxylic acids is 1. The van der Waals surface area contributed by atoms with E-state index in [2.05, 4.69) is 10.3 Å². The molecule has 0 radical (unpaired) electrons. The third kappa shape index (κ3) is 3.00. The fraction of sp³-hybridized carbons (Fsp3) is 0.133. The summed E-state index contributed by atoms with van der Waals surface area (Å²) in [5.41, 5.74) is 2.37. The van der Waals surface area contributed by atoms with Gasteiger partial charge in [-0.1, -0.05) is 18.2 Å². The molecule has 5 heteroatoms. The second-order valence-electron chi connectivity index (χ2n) is 4.16. The first-order valence-electron chi connectivity index (χ1n) is 6.04. The molecular formula is C15H14N2O2S. The number of aryl methyl sites for hydroxylation is 1. The summed E-state index contributed by atoms with van der Waals surface area (Å²) in [6, 6.07) is 11.0. The lowest BCUT2D eigenvalue weighted by molar-refractivity contribution is 0.102. The van der Waals surface area contributed by atoms with Crippen molar-refractivity contribution in [3.8, 4) is 0 Å². The number of aromatic nitrogens is 1. The maximum Gasteiger partial charge on any atom is 0.275 e.